The van der Waals surface area contributed by atoms with Crippen LogP contribution in [0, 0.1) is 18.7 Å². The Kier molecular flexibility index (Phi) is 8.10. The monoisotopic (exact) mass is 542 g/mol. The first kappa shape index (κ1) is 27.7. The fourth-order valence-corrected chi connectivity index (χ4v) is 6.24. The molecule has 2 saturated heterocycles. The third-order valence-corrected chi connectivity index (χ3v) is 8.41. The van der Waals surface area contributed by atoms with Gasteiger partial charge in [0.15, 0.2) is 0 Å². The fraction of sp³-hybridized carbons (Fsp3) is 0.394. The molecule has 5 rings (SSSR count). The van der Waals surface area contributed by atoms with Crippen molar-refractivity contribution >= 4 is 28.9 Å². The average molecular weight is 543 g/mol. The van der Waals surface area contributed by atoms with E-state index in [0.717, 1.165) is 35.6 Å². The molecule has 210 valence electrons. The van der Waals surface area contributed by atoms with Crippen molar-refractivity contribution in [3.05, 3.63) is 89.2 Å². The first-order chi connectivity index (χ1) is 19.2. The van der Waals surface area contributed by atoms with E-state index in [1.807, 2.05) is 61.5 Å². The summed E-state index contributed by atoms with van der Waals surface area (Å²) in [7, 11) is 3.94. The van der Waals surface area contributed by atoms with Gasteiger partial charge in [-0.15, -0.1) is 0 Å². The van der Waals surface area contributed by atoms with E-state index in [1.165, 1.54) is 12.5 Å². The highest BCUT2D eigenvalue weighted by atomic mass is 19.1. The second-order valence-corrected chi connectivity index (χ2v) is 11.3. The zero-order chi connectivity index (χ0) is 28.4. The first-order valence-electron chi connectivity index (χ1n) is 14.3. The van der Waals surface area contributed by atoms with Gasteiger partial charge in [-0.1, -0.05) is 30.3 Å². The van der Waals surface area contributed by atoms with Gasteiger partial charge in [0.25, 0.3) is 5.91 Å². The highest BCUT2D eigenvalue weighted by molar-refractivity contribution is 5.98. The molecule has 1 N–H and O–H groups in total. The molecule has 0 aromatic heterocycles. The summed E-state index contributed by atoms with van der Waals surface area (Å²) in [5.74, 6) is -1.52. The van der Waals surface area contributed by atoms with E-state index in [0.29, 0.717) is 31.0 Å². The molecular weight excluding hydrogens is 503 g/mol. The molecule has 2 heterocycles. The van der Waals surface area contributed by atoms with Gasteiger partial charge in [0, 0.05) is 50.3 Å². The van der Waals surface area contributed by atoms with E-state index < -0.39 is 17.8 Å². The van der Waals surface area contributed by atoms with Gasteiger partial charge in [-0.3, -0.25) is 9.59 Å². The Morgan fingerprint density at radius 2 is 1.68 bits per heavy atom. The number of nitrogens with one attached hydrogen (secondary N) is 1. The van der Waals surface area contributed by atoms with E-state index in [-0.39, 0.29) is 17.4 Å². The topological polar surface area (TPSA) is 55.9 Å². The number of anilines is 3. The maximum atomic E-state index is 14.9. The summed E-state index contributed by atoms with van der Waals surface area (Å²) in [6.45, 7) is 5.45. The lowest BCUT2D eigenvalue weighted by Crippen LogP contribution is -2.46. The number of amides is 2. The number of carbonyl (C=O) groups is 2. The van der Waals surface area contributed by atoms with Crippen LogP contribution in [0.15, 0.2) is 66.7 Å². The molecule has 6 nitrogen and oxygen atoms in total. The van der Waals surface area contributed by atoms with Gasteiger partial charge >= 0.3 is 0 Å². The summed E-state index contributed by atoms with van der Waals surface area (Å²) in [4.78, 5) is 33.9. The summed E-state index contributed by atoms with van der Waals surface area (Å²) in [6, 6.07) is 20.6. The summed E-state index contributed by atoms with van der Waals surface area (Å²) in [6.07, 6.45) is 3.63. The maximum Gasteiger partial charge on any atom is 0.257 e. The van der Waals surface area contributed by atoms with E-state index in [4.69, 9.17) is 0 Å². The van der Waals surface area contributed by atoms with Gasteiger partial charge in [-0.05, 0) is 87.1 Å². The van der Waals surface area contributed by atoms with Crippen LogP contribution < -0.4 is 15.1 Å². The minimum absolute atomic E-state index is 0.0749. The quantitative estimate of drug-likeness (QED) is 0.391. The summed E-state index contributed by atoms with van der Waals surface area (Å²) < 4.78 is 14.9. The Bertz CT molecular complexity index is 1350. The number of likely N-dealkylation sites (tertiary alicyclic amines) is 1. The molecule has 0 aliphatic carbocycles. The number of hydrogen-bond acceptors (Lipinski definition) is 4. The summed E-state index contributed by atoms with van der Waals surface area (Å²) >= 11 is 0. The number of benzene rings is 3. The Hall–Kier alpha value is -3.87. The molecule has 0 radical (unpaired) electrons. The highest BCUT2D eigenvalue weighted by Gasteiger charge is 2.40. The Morgan fingerprint density at radius 1 is 0.950 bits per heavy atom. The molecule has 2 aliphatic heterocycles. The first-order valence-corrected chi connectivity index (χ1v) is 14.3. The molecule has 0 bridgehead atoms. The number of carbonyl (C=O) groups excluding carboxylic acids is 2. The van der Waals surface area contributed by atoms with Crippen LogP contribution in [0.25, 0.3) is 0 Å². The van der Waals surface area contributed by atoms with Gasteiger partial charge in [0.1, 0.15) is 5.82 Å². The molecule has 1 unspecified atom stereocenters. The molecule has 2 amide bonds. The number of piperidine rings is 1. The Morgan fingerprint density at radius 3 is 2.35 bits per heavy atom. The molecule has 2 aliphatic rings. The lowest BCUT2D eigenvalue weighted by molar-refractivity contribution is -0.123. The maximum absolute atomic E-state index is 14.9. The second kappa shape index (κ2) is 11.7. The lowest BCUT2D eigenvalue weighted by atomic mass is 9.83. The number of nitrogens with zero attached hydrogens (tertiary/aromatic N) is 3. The van der Waals surface area contributed by atoms with Crippen LogP contribution in [0.5, 0.6) is 0 Å². The van der Waals surface area contributed by atoms with Crippen LogP contribution >= 0.6 is 0 Å². The minimum atomic E-state index is -0.536. The number of halogens is 1. The molecule has 3 aromatic carbocycles. The zero-order valence-electron chi connectivity index (χ0n) is 23.9. The second-order valence-electron chi connectivity index (χ2n) is 11.3. The molecule has 40 heavy (non-hydrogen) atoms. The average Bonchev–Trinajstić information content (AvgIpc) is 3.38. The molecule has 0 spiro atoms. The Balaban J connectivity index is 1.47. The molecule has 0 saturated carbocycles. The van der Waals surface area contributed by atoms with Crippen molar-refractivity contribution in [2.75, 3.05) is 42.3 Å². The smallest absolute Gasteiger partial charge is 0.257 e. The van der Waals surface area contributed by atoms with Crippen LogP contribution in [0.4, 0.5) is 21.5 Å². The van der Waals surface area contributed by atoms with Crippen molar-refractivity contribution < 1.29 is 14.0 Å². The molecule has 7 heteroatoms. The number of aryl methyl sites for hydroxylation is 1. The minimum Gasteiger partial charge on any atom is -0.378 e. The van der Waals surface area contributed by atoms with E-state index in [2.05, 4.69) is 23.2 Å². The third-order valence-electron chi connectivity index (χ3n) is 8.41. The molecule has 2 fully saturated rings. The predicted octanol–water partition coefficient (Wildman–Crippen LogP) is 6.42. The van der Waals surface area contributed by atoms with Gasteiger partial charge in [-0.25, -0.2) is 4.39 Å². The Labute approximate surface area is 236 Å². The zero-order valence-corrected chi connectivity index (χ0v) is 23.9. The van der Waals surface area contributed by atoms with Crippen molar-refractivity contribution in [3.63, 3.8) is 0 Å². The normalized spacial score (nSPS) is 20.9. The van der Waals surface area contributed by atoms with Crippen LogP contribution in [-0.4, -0.2) is 49.9 Å². The highest BCUT2D eigenvalue weighted by Crippen LogP contribution is 2.39. The van der Waals surface area contributed by atoms with Crippen molar-refractivity contribution in [1.82, 2.24) is 4.90 Å². The van der Waals surface area contributed by atoms with Crippen molar-refractivity contribution in [1.29, 1.82) is 0 Å². The standard InChI is InChI=1S/C33H39FN4O2/c1-22-9-5-14-29(34)30(22)33(40)38-20-8-13-28(31(38)24-15-17-26(18-16-24)36(3)4)32(39)35-25-11-6-12-27(21-25)37-19-7-10-23(37)2/h5-6,9,11-12,14-18,21,23,28,31H,7-8,10,13,19-20H2,1-4H3,(H,35,39)/t23?,28-,31-/m0/s1. The van der Waals surface area contributed by atoms with Crippen molar-refractivity contribution in [2.24, 2.45) is 5.92 Å². The predicted molar refractivity (Wildman–Crippen MR) is 160 cm³/mol. The van der Waals surface area contributed by atoms with Crippen LogP contribution in [0.1, 0.15) is 60.1 Å². The largest absolute Gasteiger partial charge is 0.378 e. The summed E-state index contributed by atoms with van der Waals surface area (Å²) in [5, 5.41) is 3.16. The van der Waals surface area contributed by atoms with Gasteiger partial charge in [0.2, 0.25) is 5.91 Å². The van der Waals surface area contributed by atoms with Gasteiger partial charge in [0.05, 0.1) is 17.5 Å². The van der Waals surface area contributed by atoms with Crippen LogP contribution in [0.2, 0.25) is 0 Å². The van der Waals surface area contributed by atoms with Crippen LogP contribution in [-0.2, 0) is 4.79 Å². The van der Waals surface area contributed by atoms with Crippen molar-refractivity contribution in [3.8, 4) is 0 Å². The van der Waals surface area contributed by atoms with E-state index in [1.54, 1.807) is 24.0 Å². The SMILES string of the molecule is Cc1cccc(F)c1C(=O)N1CCC[C@H](C(=O)Nc2cccc(N3CCCC3C)c2)[C@@H]1c1ccc(N(C)C)cc1. The fourth-order valence-electron chi connectivity index (χ4n) is 6.24. The number of hydrogen-bond donors (Lipinski definition) is 1. The van der Waals surface area contributed by atoms with E-state index in [9.17, 15) is 14.0 Å². The number of rotatable bonds is 6. The lowest BCUT2D eigenvalue weighted by Gasteiger charge is -2.41. The van der Waals surface area contributed by atoms with Crippen LogP contribution in [0.3, 0.4) is 0 Å². The van der Waals surface area contributed by atoms with Gasteiger partial charge < -0.3 is 20.0 Å². The van der Waals surface area contributed by atoms with E-state index >= 15 is 0 Å². The molecule has 3 aromatic rings. The molecular formula is C33H39FN4O2. The van der Waals surface area contributed by atoms with Crippen molar-refractivity contribution in [2.45, 2.75) is 51.6 Å². The summed E-state index contributed by atoms with van der Waals surface area (Å²) in [5.41, 5.74) is 4.41. The third kappa shape index (κ3) is 5.55. The van der Waals surface area contributed by atoms with Gasteiger partial charge in [-0.2, -0.15) is 0 Å². The molecule has 3 atom stereocenters.